The Balaban J connectivity index is 1.75. The highest BCUT2D eigenvalue weighted by molar-refractivity contribution is 6.01. The van der Waals surface area contributed by atoms with Gasteiger partial charge in [-0.3, -0.25) is 14.5 Å². The van der Waals surface area contributed by atoms with Crippen LogP contribution >= 0.6 is 0 Å². The molecule has 1 aliphatic heterocycles. The lowest BCUT2D eigenvalue weighted by molar-refractivity contribution is -0.125. The van der Waals surface area contributed by atoms with Crippen LogP contribution in [-0.4, -0.2) is 61.0 Å². The molecule has 0 spiro atoms. The average molecular weight is 334 g/mol. The van der Waals surface area contributed by atoms with Crippen LogP contribution in [0.2, 0.25) is 0 Å². The molecule has 24 heavy (non-hydrogen) atoms. The summed E-state index contributed by atoms with van der Waals surface area (Å²) in [6, 6.07) is 3.48. The van der Waals surface area contributed by atoms with Gasteiger partial charge in [0.1, 0.15) is 6.54 Å². The van der Waals surface area contributed by atoms with Gasteiger partial charge in [-0.1, -0.05) is 13.8 Å². The monoisotopic (exact) mass is 334 g/mol. The van der Waals surface area contributed by atoms with Crippen LogP contribution in [0.5, 0.6) is 5.75 Å². The summed E-state index contributed by atoms with van der Waals surface area (Å²) in [7, 11) is 0. The predicted molar refractivity (Wildman–Crippen MR) is 92.1 cm³/mol. The molecule has 7 nitrogen and oxygen atoms in total. The molecule has 0 saturated carbocycles. The number of fused-ring (bicyclic) bond motifs is 1. The van der Waals surface area contributed by atoms with Crippen LogP contribution in [0.15, 0.2) is 18.3 Å². The number of carbonyl (C=O) groups is 2. The van der Waals surface area contributed by atoms with Gasteiger partial charge in [-0.15, -0.1) is 0 Å². The van der Waals surface area contributed by atoms with Gasteiger partial charge < -0.3 is 15.0 Å². The van der Waals surface area contributed by atoms with E-state index in [-0.39, 0.29) is 25.0 Å². The van der Waals surface area contributed by atoms with E-state index in [9.17, 15) is 9.59 Å². The Morgan fingerprint density at radius 3 is 2.92 bits per heavy atom. The molecule has 0 aromatic carbocycles. The summed E-state index contributed by atoms with van der Waals surface area (Å²) in [5, 5.41) is 2.87. The van der Waals surface area contributed by atoms with E-state index < -0.39 is 0 Å². The maximum atomic E-state index is 12.1. The van der Waals surface area contributed by atoms with Gasteiger partial charge in [0.25, 0.3) is 5.91 Å². The Labute approximate surface area is 143 Å². The number of anilines is 1. The van der Waals surface area contributed by atoms with Crippen molar-refractivity contribution in [2.24, 2.45) is 0 Å². The fourth-order valence-corrected chi connectivity index (χ4v) is 2.62. The molecule has 0 atom stereocenters. The van der Waals surface area contributed by atoms with Gasteiger partial charge in [0.2, 0.25) is 5.91 Å². The average Bonchev–Trinajstić information content (AvgIpc) is 2.60. The van der Waals surface area contributed by atoms with Crippen molar-refractivity contribution in [3.63, 3.8) is 0 Å². The van der Waals surface area contributed by atoms with E-state index in [1.54, 1.807) is 18.3 Å². The van der Waals surface area contributed by atoms with Crippen LogP contribution in [0.1, 0.15) is 26.7 Å². The molecule has 0 bridgehead atoms. The zero-order valence-corrected chi connectivity index (χ0v) is 14.5. The standard InChI is InChI=1S/C17H26N4O3/c1-3-20(4-2)11-6-5-9-18-15(22)12-21-16(23)13-24-14-8-7-10-19-17(14)21/h7-8,10H,3-6,9,11-13H2,1-2H3,(H,18,22). The SMILES string of the molecule is CCN(CC)CCCCNC(=O)CN1C(=O)COc2cccnc21. The number of pyridine rings is 1. The van der Waals surface area contributed by atoms with Crippen LogP contribution in [0.3, 0.4) is 0 Å². The molecule has 1 aromatic heterocycles. The number of amides is 2. The van der Waals surface area contributed by atoms with E-state index in [1.807, 2.05) is 0 Å². The Morgan fingerprint density at radius 2 is 2.17 bits per heavy atom. The molecule has 132 valence electrons. The first-order valence-corrected chi connectivity index (χ1v) is 8.53. The van der Waals surface area contributed by atoms with Gasteiger partial charge >= 0.3 is 0 Å². The Kier molecular flexibility index (Phi) is 6.99. The van der Waals surface area contributed by atoms with Crippen molar-refractivity contribution in [1.82, 2.24) is 15.2 Å². The highest BCUT2D eigenvalue weighted by Crippen LogP contribution is 2.28. The summed E-state index contributed by atoms with van der Waals surface area (Å²) < 4.78 is 5.31. The second-order valence-electron chi connectivity index (χ2n) is 5.68. The van der Waals surface area contributed by atoms with E-state index in [2.05, 4.69) is 29.0 Å². The van der Waals surface area contributed by atoms with Crippen molar-refractivity contribution in [3.05, 3.63) is 18.3 Å². The lowest BCUT2D eigenvalue weighted by atomic mass is 10.2. The number of ether oxygens (including phenoxy) is 1. The van der Waals surface area contributed by atoms with Gasteiger partial charge in [0.15, 0.2) is 18.2 Å². The molecule has 0 fully saturated rings. The Bertz CT molecular complexity index is 561. The number of unbranched alkanes of at least 4 members (excludes halogenated alkanes) is 1. The second-order valence-corrected chi connectivity index (χ2v) is 5.68. The third kappa shape index (κ3) is 4.92. The molecule has 0 aliphatic carbocycles. The fourth-order valence-electron chi connectivity index (χ4n) is 2.62. The first-order chi connectivity index (χ1) is 11.7. The fraction of sp³-hybridized carbons (Fsp3) is 0.588. The summed E-state index contributed by atoms with van der Waals surface area (Å²) >= 11 is 0. The number of nitrogens with one attached hydrogen (secondary N) is 1. The second kappa shape index (κ2) is 9.22. The van der Waals surface area contributed by atoms with Crippen molar-refractivity contribution in [2.45, 2.75) is 26.7 Å². The smallest absolute Gasteiger partial charge is 0.266 e. The van der Waals surface area contributed by atoms with Crippen molar-refractivity contribution in [2.75, 3.05) is 44.2 Å². The normalized spacial score (nSPS) is 13.6. The van der Waals surface area contributed by atoms with E-state index in [4.69, 9.17) is 4.74 Å². The van der Waals surface area contributed by atoms with Crippen LogP contribution in [0, 0.1) is 0 Å². The van der Waals surface area contributed by atoms with E-state index in [0.717, 1.165) is 32.5 Å². The zero-order valence-electron chi connectivity index (χ0n) is 14.5. The zero-order chi connectivity index (χ0) is 17.4. The predicted octanol–water partition coefficient (Wildman–Crippen LogP) is 1.05. The van der Waals surface area contributed by atoms with Crippen LogP contribution in [0.4, 0.5) is 5.82 Å². The number of carbonyl (C=O) groups excluding carboxylic acids is 2. The summed E-state index contributed by atoms with van der Waals surface area (Å²) in [4.78, 5) is 32.0. The molecule has 0 radical (unpaired) electrons. The molecule has 0 saturated heterocycles. The summed E-state index contributed by atoms with van der Waals surface area (Å²) in [5.74, 6) is 0.511. The van der Waals surface area contributed by atoms with Crippen LogP contribution < -0.4 is 15.0 Å². The van der Waals surface area contributed by atoms with E-state index in [1.165, 1.54) is 4.90 Å². The van der Waals surface area contributed by atoms with Crippen LogP contribution in [-0.2, 0) is 9.59 Å². The summed E-state index contributed by atoms with van der Waals surface area (Å²) in [5.41, 5.74) is 0. The third-order valence-electron chi connectivity index (χ3n) is 4.08. The number of hydrogen-bond acceptors (Lipinski definition) is 5. The highest BCUT2D eigenvalue weighted by atomic mass is 16.5. The van der Waals surface area contributed by atoms with E-state index >= 15 is 0 Å². The molecular weight excluding hydrogens is 308 g/mol. The van der Waals surface area contributed by atoms with Crippen molar-refractivity contribution >= 4 is 17.6 Å². The lowest BCUT2D eigenvalue weighted by Crippen LogP contribution is -2.45. The molecule has 0 unspecified atom stereocenters. The number of aromatic nitrogens is 1. The minimum absolute atomic E-state index is 0.0255. The number of hydrogen-bond donors (Lipinski definition) is 1. The highest BCUT2D eigenvalue weighted by Gasteiger charge is 2.28. The summed E-state index contributed by atoms with van der Waals surface area (Å²) in [6.07, 6.45) is 3.55. The van der Waals surface area contributed by atoms with E-state index in [0.29, 0.717) is 18.1 Å². The third-order valence-corrected chi connectivity index (χ3v) is 4.08. The topological polar surface area (TPSA) is 74.8 Å². The maximum absolute atomic E-state index is 12.1. The minimum Gasteiger partial charge on any atom is -0.480 e. The minimum atomic E-state index is -0.252. The largest absolute Gasteiger partial charge is 0.480 e. The van der Waals surface area contributed by atoms with Gasteiger partial charge in [-0.25, -0.2) is 4.98 Å². The maximum Gasteiger partial charge on any atom is 0.266 e. The van der Waals surface area contributed by atoms with Crippen molar-refractivity contribution < 1.29 is 14.3 Å². The first kappa shape index (κ1) is 18.2. The molecular formula is C17H26N4O3. The van der Waals surface area contributed by atoms with Crippen LogP contribution in [0.25, 0.3) is 0 Å². The molecule has 1 aromatic rings. The molecule has 2 heterocycles. The number of rotatable bonds is 9. The van der Waals surface area contributed by atoms with Gasteiger partial charge in [-0.05, 0) is 44.6 Å². The summed E-state index contributed by atoms with van der Waals surface area (Å²) in [6.45, 7) is 7.98. The molecule has 2 amide bonds. The molecule has 1 N–H and O–H groups in total. The number of nitrogens with zero attached hydrogens (tertiary/aromatic N) is 3. The molecule has 1 aliphatic rings. The Hall–Kier alpha value is -2.15. The van der Waals surface area contributed by atoms with Gasteiger partial charge in [0.05, 0.1) is 0 Å². The van der Waals surface area contributed by atoms with Gasteiger partial charge in [-0.2, -0.15) is 0 Å². The first-order valence-electron chi connectivity index (χ1n) is 8.53. The Morgan fingerprint density at radius 1 is 1.38 bits per heavy atom. The quantitative estimate of drug-likeness (QED) is 0.683. The molecule has 7 heteroatoms. The lowest BCUT2D eigenvalue weighted by Gasteiger charge is -2.27. The van der Waals surface area contributed by atoms with Crippen molar-refractivity contribution in [1.29, 1.82) is 0 Å². The molecule has 2 rings (SSSR count). The van der Waals surface area contributed by atoms with Crippen molar-refractivity contribution in [3.8, 4) is 5.75 Å². The van der Waals surface area contributed by atoms with Gasteiger partial charge in [0, 0.05) is 12.7 Å².